The average Bonchev–Trinajstić information content (AvgIpc) is 3.28. The van der Waals surface area contributed by atoms with Gasteiger partial charge in [0.2, 0.25) is 5.91 Å². The first-order valence-electron chi connectivity index (χ1n) is 10.8. The number of aryl methyl sites for hydroxylation is 1. The minimum atomic E-state index is -0.252. The molecule has 0 bridgehead atoms. The molecule has 1 fully saturated rings. The molecule has 2 amide bonds. The van der Waals surface area contributed by atoms with E-state index in [4.69, 9.17) is 4.42 Å². The Balaban J connectivity index is 1.30. The first kappa shape index (κ1) is 21.8. The molecule has 0 saturated carbocycles. The minimum Gasteiger partial charge on any atom is -0.468 e. The van der Waals surface area contributed by atoms with Gasteiger partial charge in [-0.2, -0.15) is 0 Å². The van der Waals surface area contributed by atoms with Gasteiger partial charge in [0.15, 0.2) is 0 Å². The molecule has 2 N–H and O–H groups in total. The quantitative estimate of drug-likeness (QED) is 0.597. The van der Waals surface area contributed by atoms with Crippen molar-refractivity contribution < 1.29 is 14.0 Å². The van der Waals surface area contributed by atoms with Crippen LogP contribution >= 0.6 is 0 Å². The molecule has 7 nitrogen and oxygen atoms in total. The lowest BCUT2D eigenvalue weighted by Crippen LogP contribution is -2.48. The first-order chi connectivity index (χ1) is 15.6. The Hall–Kier alpha value is -3.42. The summed E-state index contributed by atoms with van der Waals surface area (Å²) in [5, 5.41) is 5.82. The smallest absolute Gasteiger partial charge is 0.257 e. The summed E-state index contributed by atoms with van der Waals surface area (Å²) in [6.45, 7) is 6.43. The minimum absolute atomic E-state index is 0.125. The van der Waals surface area contributed by atoms with Gasteiger partial charge in [0.25, 0.3) is 5.91 Å². The van der Waals surface area contributed by atoms with Gasteiger partial charge in [-0.25, -0.2) is 0 Å². The van der Waals surface area contributed by atoms with Gasteiger partial charge in [-0.3, -0.25) is 19.4 Å². The lowest BCUT2D eigenvalue weighted by molar-refractivity contribution is -0.117. The summed E-state index contributed by atoms with van der Waals surface area (Å²) in [7, 11) is 0. The molecule has 1 aromatic heterocycles. The van der Waals surface area contributed by atoms with Gasteiger partial charge in [0.1, 0.15) is 5.76 Å². The largest absolute Gasteiger partial charge is 0.468 e. The number of hydrogen-bond donors (Lipinski definition) is 2. The van der Waals surface area contributed by atoms with Crippen molar-refractivity contribution in [2.45, 2.75) is 13.5 Å². The summed E-state index contributed by atoms with van der Waals surface area (Å²) in [5.74, 6) is 0.579. The van der Waals surface area contributed by atoms with Gasteiger partial charge >= 0.3 is 0 Å². The lowest BCUT2D eigenvalue weighted by Gasteiger charge is -2.33. The molecule has 0 aliphatic carbocycles. The lowest BCUT2D eigenvalue weighted by atomic mass is 10.1. The third kappa shape index (κ3) is 5.84. The highest BCUT2D eigenvalue weighted by molar-refractivity contribution is 6.10. The van der Waals surface area contributed by atoms with E-state index in [1.807, 2.05) is 49.4 Å². The Kier molecular flexibility index (Phi) is 6.99. The molecule has 166 valence electrons. The van der Waals surface area contributed by atoms with E-state index in [-0.39, 0.29) is 11.8 Å². The molecule has 4 rings (SSSR count). The molecule has 32 heavy (non-hydrogen) atoms. The number of hydrogen-bond acceptors (Lipinski definition) is 5. The zero-order valence-corrected chi connectivity index (χ0v) is 18.2. The monoisotopic (exact) mass is 432 g/mol. The van der Waals surface area contributed by atoms with Crippen LogP contribution in [0.5, 0.6) is 0 Å². The Morgan fingerprint density at radius 1 is 0.906 bits per heavy atom. The number of nitrogens with one attached hydrogen (secondary N) is 2. The van der Waals surface area contributed by atoms with Crippen molar-refractivity contribution in [3.05, 3.63) is 83.8 Å². The van der Waals surface area contributed by atoms with Crippen molar-refractivity contribution in [1.82, 2.24) is 9.80 Å². The molecule has 7 heteroatoms. The summed E-state index contributed by atoms with van der Waals surface area (Å²) < 4.78 is 5.42. The van der Waals surface area contributed by atoms with Crippen LogP contribution in [0.4, 0.5) is 11.4 Å². The molecule has 3 aromatic rings. The molecule has 1 aliphatic rings. The zero-order valence-electron chi connectivity index (χ0n) is 18.2. The number of benzene rings is 2. The average molecular weight is 433 g/mol. The number of carbonyl (C=O) groups is 2. The number of piperazine rings is 1. The van der Waals surface area contributed by atoms with Gasteiger partial charge in [0.05, 0.1) is 30.6 Å². The second-order valence-corrected chi connectivity index (χ2v) is 8.05. The van der Waals surface area contributed by atoms with E-state index >= 15 is 0 Å². The fourth-order valence-corrected chi connectivity index (χ4v) is 3.83. The maximum absolute atomic E-state index is 12.8. The van der Waals surface area contributed by atoms with Crippen molar-refractivity contribution in [2.75, 3.05) is 43.4 Å². The molecule has 0 spiro atoms. The third-order valence-corrected chi connectivity index (χ3v) is 5.51. The highest BCUT2D eigenvalue weighted by Gasteiger charge is 2.20. The van der Waals surface area contributed by atoms with Crippen molar-refractivity contribution in [1.29, 1.82) is 0 Å². The highest BCUT2D eigenvalue weighted by Crippen LogP contribution is 2.18. The van der Waals surface area contributed by atoms with Crippen LogP contribution in [0, 0.1) is 6.92 Å². The zero-order chi connectivity index (χ0) is 22.3. The molecule has 1 saturated heterocycles. The van der Waals surface area contributed by atoms with E-state index in [9.17, 15) is 9.59 Å². The Morgan fingerprint density at radius 2 is 1.69 bits per heavy atom. The summed E-state index contributed by atoms with van der Waals surface area (Å²) in [6, 6.07) is 18.6. The van der Waals surface area contributed by atoms with E-state index in [0.29, 0.717) is 17.8 Å². The predicted octanol–water partition coefficient (Wildman–Crippen LogP) is 3.60. The second-order valence-electron chi connectivity index (χ2n) is 8.05. The summed E-state index contributed by atoms with van der Waals surface area (Å²) >= 11 is 0. The highest BCUT2D eigenvalue weighted by atomic mass is 16.3. The summed E-state index contributed by atoms with van der Waals surface area (Å²) in [5.41, 5.74) is 2.74. The number of furan rings is 1. The van der Waals surface area contributed by atoms with Gasteiger partial charge < -0.3 is 15.1 Å². The van der Waals surface area contributed by atoms with Gasteiger partial charge in [-0.1, -0.05) is 24.3 Å². The number of para-hydroxylation sites is 1. The normalized spacial score (nSPS) is 14.8. The van der Waals surface area contributed by atoms with Crippen molar-refractivity contribution in [3.8, 4) is 0 Å². The van der Waals surface area contributed by atoms with Crippen LogP contribution in [-0.4, -0.2) is 54.3 Å². The Labute approximate surface area is 188 Å². The van der Waals surface area contributed by atoms with Crippen molar-refractivity contribution in [3.63, 3.8) is 0 Å². The molecular formula is C25H28N4O3. The molecule has 0 atom stereocenters. The van der Waals surface area contributed by atoms with Crippen LogP contribution in [0.2, 0.25) is 0 Å². The molecule has 2 heterocycles. The predicted molar refractivity (Wildman–Crippen MR) is 125 cm³/mol. The maximum atomic E-state index is 12.8. The van der Waals surface area contributed by atoms with Crippen LogP contribution < -0.4 is 10.6 Å². The van der Waals surface area contributed by atoms with E-state index in [1.165, 1.54) is 0 Å². The van der Waals surface area contributed by atoms with Crippen molar-refractivity contribution in [2.24, 2.45) is 0 Å². The number of anilines is 2. The molecule has 1 aliphatic heterocycles. The summed E-state index contributed by atoms with van der Waals surface area (Å²) in [6.07, 6.45) is 1.69. The van der Waals surface area contributed by atoms with Crippen LogP contribution in [0.15, 0.2) is 71.3 Å². The van der Waals surface area contributed by atoms with E-state index in [1.54, 1.807) is 24.5 Å². The molecular weight excluding hydrogens is 404 g/mol. The SMILES string of the molecule is Cc1cccc(NC(=O)c2ccccc2NC(=O)CN2CCN(Cc3ccco3)CC2)c1. The standard InChI is InChI=1S/C25H28N4O3/c1-19-6-4-7-20(16-19)26-25(31)22-9-2-3-10-23(22)27-24(30)18-29-13-11-28(12-14-29)17-21-8-5-15-32-21/h2-10,15-16H,11-14,17-18H2,1H3,(H,26,31)(H,27,30). The summed E-state index contributed by atoms with van der Waals surface area (Å²) in [4.78, 5) is 29.9. The van der Waals surface area contributed by atoms with Crippen LogP contribution in [0.3, 0.4) is 0 Å². The maximum Gasteiger partial charge on any atom is 0.257 e. The number of amides is 2. The van der Waals surface area contributed by atoms with Gasteiger partial charge in [-0.15, -0.1) is 0 Å². The van der Waals surface area contributed by atoms with Crippen molar-refractivity contribution >= 4 is 23.2 Å². The van der Waals surface area contributed by atoms with Crippen LogP contribution in [0.25, 0.3) is 0 Å². The van der Waals surface area contributed by atoms with Gasteiger partial charge in [-0.05, 0) is 48.9 Å². The van der Waals surface area contributed by atoms with E-state index in [2.05, 4.69) is 20.4 Å². The fraction of sp³-hybridized carbons (Fsp3) is 0.280. The van der Waals surface area contributed by atoms with E-state index < -0.39 is 0 Å². The number of carbonyl (C=O) groups excluding carboxylic acids is 2. The number of nitrogens with zero attached hydrogens (tertiary/aromatic N) is 2. The van der Waals surface area contributed by atoms with E-state index in [0.717, 1.165) is 49.7 Å². The molecule has 2 aromatic carbocycles. The Bertz CT molecular complexity index is 1060. The molecule has 0 radical (unpaired) electrons. The Morgan fingerprint density at radius 3 is 2.44 bits per heavy atom. The van der Waals surface area contributed by atoms with Crippen LogP contribution in [0.1, 0.15) is 21.7 Å². The molecule has 0 unspecified atom stereocenters. The third-order valence-electron chi connectivity index (χ3n) is 5.51. The van der Waals surface area contributed by atoms with Gasteiger partial charge in [0, 0.05) is 31.9 Å². The number of rotatable bonds is 7. The fourth-order valence-electron chi connectivity index (χ4n) is 3.83. The first-order valence-corrected chi connectivity index (χ1v) is 10.8. The second kappa shape index (κ2) is 10.3. The topological polar surface area (TPSA) is 77.8 Å². The van der Waals surface area contributed by atoms with Crippen LogP contribution in [-0.2, 0) is 11.3 Å².